The Morgan fingerprint density at radius 2 is 2.22 bits per heavy atom. The van der Waals surface area contributed by atoms with Crippen molar-refractivity contribution in [3.63, 3.8) is 0 Å². The molecule has 0 amide bonds. The number of aromatic nitrogens is 1. The van der Waals surface area contributed by atoms with Crippen molar-refractivity contribution in [3.8, 4) is 0 Å². The fraction of sp³-hybridized carbons (Fsp3) is 0.778. The second-order valence-corrected chi connectivity index (χ2v) is 8.48. The molecule has 2 heterocycles. The average Bonchev–Trinajstić information content (AvgIpc) is 3.11. The predicted molar refractivity (Wildman–Crippen MR) is 92.6 cm³/mol. The zero-order valence-corrected chi connectivity index (χ0v) is 15.0. The normalized spacial score (nSPS) is 28.2. The molecule has 0 bridgehead atoms. The summed E-state index contributed by atoms with van der Waals surface area (Å²) in [7, 11) is 0. The molecule has 1 aromatic rings. The molecule has 2 fully saturated rings. The summed E-state index contributed by atoms with van der Waals surface area (Å²) in [6.45, 7) is 5.18. The van der Waals surface area contributed by atoms with Gasteiger partial charge in [0.2, 0.25) is 0 Å². The SMILES string of the molecule is CC(C)CCc1nc(CN2C(C(=O)O)CC3CCCCC32)cs1. The standard InChI is InChI=1S/C18H28N2O2S/c1-12(2)7-8-17-19-14(11-23-17)10-20-15-6-4-3-5-13(15)9-16(20)18(21)22/h11-13,15-16H,3-10H2,1-2H3,(H,21,22). The van der Waals surface area contributed by atoms with E-state index in [0.717, 1.165) is 25.0 Å². The highest BCUT2D eigenvalue weighted by Gasteiger charge is 2.45. The third kappa shape index (κ3) is 3.94. The Bertz CT molecular complexity index is 543. The summed E-state index contributed by atoms with van der Waals surface area (Å²) < 4.78 is 0. The summed E-state index contributed by atoms with van der Waals surface area (Å²) in [6.07, 6.45) is 7.87. The topological polar surface area (TPSA) is 53.4 Å². The van der Waals surface area contributed by atoms with E-state index in [1.807, 2.05) is 0 Å². The van der Waals surface area contributed by atoms with Crippen LogP contribution in [0.1, 0.15) is 63.1 Å². The molecule has 1 aliphatic carbocycles. The molecular weight excluding hydrogens is 308 g/mol. The van der Waals surface area contributed by atoms with Crippen LogP contribution >= 0.6 is 11.3 Å². The van der Waals surface area contributed by atoms with Crippen LogP contribution in [-0.2, 0) is 17.8 Å². The quantitative estimate of drug-likeness (QED) is 0.854. The van der Waals surface area contributed by atoms with Crippen LogP contribution in [0, 0.1) is 11.8 Å². The van der Waals surface area contributed by atoms with Crippen LogP contribution in [0.15, 0.2) is 5.38 Å². The number of likely N-dealkylation sites (tertiary alicyclic amines) is 1. The van der Waals surface area contributed by atoms with E-state index in [-0.39, 0.29) is 6.04 Å². The first-order chi connectivity index (χ1) is 11.0. The third-order valence-electron chi connectivity index (χ3n) is 5.39. The molecule has 0 spiro atoms. The van der Waals surface area contributed by atoms with Crippen molar-refractivity contribution in [2.24, 2.45) is 11.8 Å². The van der Waals surface area contributed by atoms with E-state index in [1.165, 1.54) is 30.7 Å². The summed E-state index contributed by atoms with van der Waals surface area (Å²) in [6, 6.07) is 0.134. The Kier molecular flexibility index (Phi) is 5.37. The minimum atomic E-state index is -0.658. The number of thiazole rings is 1. The van der Waals surface area contributed by atoms with Gasteiger partial charge in [0.25, 0.3) is 0 Å². The van der Waals surface area contributed by atoms with Gasteiger partial charge in [-0.2, -0.15) is 0 Å². The van der Waals surface area contributed by atoms with Gasteiger partial charge in [-0.15, -0.1) is 11.3 Å². The highest BCUT2D eigenvalue weighted by Crippen LogP contribution is 2.40. The van der Waals surface area contributed by atoms with E-state index in [1.54, 1.807) is 11.3 Å². The molecule has 3 atom stereocenters. The van der Waals surface area contributed by atoms with Gasteiger partial charge in [-0.1, -0.05) is 26.7 Å². The Morgan fingerprint density at radius 1 is 1.43 bits per heavy atom. The number of carboxylic acids is 1. The van der Waals surface area contributed by atoms with E-state index in [4.69, 9.17) is 4.98 Å². The van der Waals surface area contributed by atoms with Crippen LogP contribution in [0.5, 0.6) is 0 Å². The van der Waals surface area contributed by atoms with Crippen LogP contribution < -0.4 is 0 Å². The second kappa shape index (κ2) is 7.31. The van der Waals surface area contributed by atoms with Crippen molar-refractivity contribution in [2.75, 3.05) is 0 Å². The number of aliphatic carboxylic acids is 1. The first-order valence-corrected chi connectivity index (χ1v) is 9.84. The van der Waals surface area contributed by atoms with E-state index >= 15 is 0 Å². The molecular formula is C18H28N2O2S. The molecule has 128 valence electrons. The Balaban J connectivity index is 1.68. The molecule has 3 rings (SSSR count). The number of rotatable bonds is 6. The lowest BCUT2D eigenvalue weighted by molar-refractivity contribution is -0.142. The summed E-state index contributed by atoms with van der Waals surface area (Å²) in [4.78, 5) is 18.7. The molecule has 5 heteroatoms. The third-order valence-corrected chi connectivity index (χ3v) is 6.34. The Hall–Kier alpha value is -0.940. The lowest BCUT2D eigenvalue weighted by Crippen LogP contribution is -2.41. The summed E-state index contributed by atoms with van der Waals surface area (Å²) >= 11 is 1.73. The molecule has 0 radical (unpaired) electrons. The van der Waals surface area contributed by atoms with Crippen molar-refractivity contribution in [1.82, 2.24) is 9.88 Å². The molecule has 23 heavy (non-hydrogen) atoms. The number of carbonyl (C=O) groups is 1. The maximum absolute atomic E-state index is 11.7. The number of aryl methyl sites for hydroxylation is 1. The fourth-order valence-corrected chi connectivity index (χ4v) is 4.96. The van der Waals surface area contributed by atoms with Crippen LogP contribution in [0.25, 0.3) is 0 Å². The van der Waals surface area contributed by atoms with E-state index < -0.39 is 5.97 Å². The number of hydrogen-bond donors (Lipinski definition) is 1. The van der Waals surface area contributed by atoms with Gasteiger partial charge in [0.1, 0.15) is 6.04 Å². The molecule has 1 saturated heterocycles. The molecule has 1 N–H and O–H groups in total. The Morgan fingerprint density at radius 3 is 2.96 bits per heavy atom. The highest BCUT2D eigenvalue weighted by atomic mass is 32.1. The number of carboxylic acid groups (broad SMARTS) is 1. The van der Waals surface area contributed by atoms with Gasteiger partial charge in [0.15, 0.2) is 0 Å². The largest absolute Gasteiger partial charge is 0.480 e. The summed E-state index contributed by atoms with van der Waals surface area (Å²) in [5, 5.41) is 12.9. The summed E-state index contributed by atoms with van der Waals surface area (Å²) in [5.41, 5.74) is 1.06. The van der Waals surface area contributed by atoms with Gasteiger partial charge < -0.3 is 5.11 Å². The van der Waals surface area contributed by atoms with Crippen molar-refractivity contribution in [2.45, 2.75) is 77.4 Å². The van der Waals surface area contributed by atoms with E-state index in [0.29, 0.717) is 24.4 Å². The predicted octanol–water partition coefficient (Wildman–Crippen LogP) is 3.95. The van der Waals surface area contributed by atoms with Crippen molar-refractivity contribution >= 4 is 17.3 Å². The van der Waals surface area contributed by atoms with Crippen LogP contribution in [-0.4, -0.2) is 33.0 Å². The van der Waals surface area contributed by atoms with E-state index in [2.05, 4.69) is 24.1 Å². The first kappa shape index (κ1) is 16.9. The van der Waals surface area contributed by atoms with E-state index in [9.17, 15) is 9.90 Å². The monoisotopic (exact) mass is 336 g/mol. The summed E-state index contributed by atoms with van der Waals surface area (Å²) in [5.74, 6) is 0.610. The molecule has 3 unspecified atom stereocenters. The van der Waals surface area contributed by atoms with Crippen molar-refractivity contribution < 1.29 is 9.90 Å². The van der Waals surface area contributed by atoms with Gasteiger partial charge in [0, 0.05) is 18.0 Å². The fourth-order valence-electron chi connectivity index (χ4n) is 4.16. The van der Waals surface area contributed by atoms with Crippen LogP contribution in [0.3, 0.4) is 0 Å². The molecule has 1 saturated carbocycles. The van der Waals surface area contributed by atoms with Gasteiger partial charge in [-0.05, 0) is 43.9 Å². The van der Waals surface area contributed by atoms with Gasteiger partial charge in [-0.3, -0.25) is 9.69 Å². The zero-order valence-electron chi connectivity index (χ0n) is 14.2. The first-order valence-electron chi connectivity index (χ1n) is 8.96. The highest BCUT2D eigenvalue weighted by molar-refractivity contribution is 7.09. The second-order valence-electron chi connectivity index (χ2n) is 7.54. The zero-order chi connectivity index (χ0) is 16.4. The maximum Gasteiger partial charge on any atom is 0.320 e. The van der Waals surface area contributed by atoms with Crippen molar-refractivity contribution in [3.05, 3.63) is 16.1 Å². The smallest absolute Gasteiger partial charge is 0.320 e. The van der Waals surface area contributed by atoms with Gasteiger partial charge in [-0.25, -0.2) is 4.98 Å². The molecule has 0 aromatic carbocycles. The average molecular weight is 337 g/mol. The minimum absolute atomic E-state index is 0.316. The molecule has 1 aromatic heterocycles. The van der Waals surface area contributed by atoms with Gasteiger partial charge >= 0.3 is 5.97 Å². The number of fused-ring (bicyclic) bond motifs is 1. The number of nitrogens with zero attached hydrogens (tertiary/aromatic N) is 2. The van der Waals surface area contributed by atoms with Crippen molar-refractivity contribution in [1.29, 1.82) is 0 Å². The molecule has 2 aliphatic rings. The lowest BCUT2D eigenvalue weighted by Gasteiger charge is -2.32. The lowest BCUT2D eigenvalue weighted by atomic mass is 9.85. The molecule has 1 aliphatic heterocycles. The Labute approximate surface area is 142 Å². The van der Waals surface area contributed by atoms with Gasteiger partial charge in [0.05, 0.1) is 10.7 Å². The number of hydrogen-bond acceptors (Lipinski definition) is 4. The van der Waals surface area contributed by atoms with Crippen LogP contribution in [0.4, 0.5) is 0 Å². The molecule has 4 nitrogen and oxygen atoms in total. The van der Waals surface area contributed by atoms with Crippen LogP contribution in [0.2, 0.25) is 0 Å². The maximum atomic E-state index is 11.7. The minimum Gasteiger partial charge on any atom is -0.480 e.